The summed E-state index contributed by atoms with van der Waals surface area (Å²) in [6.07, 6.45) is 6.79. The van der Waals surface area contributed by atoms with E-state index in [0.29, 0.717) is 30.6 Å². The van der Waals surface area contributed by atoms with Crippen molar-refractivity contribution in [2.45, 2.75) is 67.9 Å². The van der Waals surface area contributed by atoms with Gasteiger partial charge in [-0.15, -0.1) is 0 Å². The van der Waals surface area contributed by atoms with Crippen molar-refractivity contribution >= 4 is 15.9 Å². The number of fused-ring (bicyclic) bond motifs is 2. The van der Waals surface area contributed by atoms with Crippen LogP contribution in [-0.4, -0.2) is 48.5 Å². The van der Waals surface area contributed by atoms with Crippen LogP contribution in [0.5, 0.6) is 0 Å². The topological polar surface area (TPSA) is 86.7 Å². The van der Waals surface area contributed by atoms with Gasteiger partial charge >= 0.3 is 0 Å². The fourth-order valence-electron chi connectivity index (χ4n) is 6.72. The van der Waals surface area contributed by atoms with Gasteiger partial charge in [0.15, 0.2) is 0 Å². The van der Waals surface area contributed by atoms with Gasteiger partial charge in [0, 0.05) is 25.0 Å². The highest BCUT2D eigenvalue weighted by molar-refractivity contribution is 7.89. The van der Waals surface area contributed by atoms with Crippen molar-refractivity contribution in [1.82, 2.24) is 9.62 Å². The van der Waals surface area contributed by atoms with Gasteiger partial charge in [-0.2, -0.15) is 4.31 Å². The average molecular weight is 451 g/mol. The normalized spacial score (nSPS) is 36.3. The van der Waals surface area contributed by atoms with E-state index in [1.165, 1.54) is 22.9 Å². The number of halogens is 1. The molecule has 1 amide bonds. The Hall–Kier alpha value is -1.51. The Kier molecular flexibility index (Phi) is 5.38. The maximum Gasteiger partial charge on any atom is 0.243 e. The molecule has 3 bridgehead atoms. The lowest BCUT2D eigenvalue weighted by Gasteiger charge is -2.34. The molecular formula is C23H31FN2O4S. The van der Waals surface area contributed by atoms with Crippen molar-refractivity contribution in [3.8, 4) is 0 Å². The van der Waals surface area contributed by atoms with Gasteiger partial charge in [-0.1, -0.05) is 0 Å². The minimum Gasteiger partial charge on any atom is -0.390 e. The standard InChI is InChI=1S/C23H31FN2O4S/c24-18-2-4-19(5-3-18)31(29,30)26-9-7-16(8-10-26)22(27)25-21-6-1-15-11-17-13-23(28,12-15)14-20(17)21/h2-5,15-17,20-21,28H,1,6-14H2,(H,25,27). The Balaban J connectivity index is 1.19. The third kappa shape index (κ3) is 4.02. The van der Waals surface area contributed by atoms with Crippen LogP contribution in [0.1, 0.15) is 51.4 Å². The van der Waals surface area contributed by atoms with Gasteiger partial charge < -0.3 is 10.4 Å². The van der Waals surface area contributed by atoms with Crippen LogP contribution in [0.4, 0.5) is 4.39 Å². The molecule has 1 aliphatic heterocycles. The summed E-state index contributed by atoms with van der Waals surface area (Å²) in [5.74, 6) is 0.814. The predicted octanol–water partition coefficient (Wildman–Crippen LogP) is 2.67. The first kappa shape index (κ1) is 21.3. The fraction of sp³-hybridized carbons (Fsp3) is 0.696. The molecule has 5 rings (SSSR count). The van der Waals surface area contributed by atoms with Crippen LogP contribution >= 0.6 is 0 Å². The van der Waals surface area contributed by atoms with Crippen LogP contribution in [0.3, 0.4) is 0 Å². The van der Waals surface area contributed by atoms with Crippen LogP contribution in [0, 0.1) is 29.5 Å². The molecule has 1 heterocycles. The summed E-state index contributed by atoms with van der Waals surface area (Å²) in [6, 6.07) is 4.99. The summed E-state index contributed by atoms with van der Waals surface area (Å²) in [7, 11) is -3.67. The number of nitrogens with zero attached hydrogens (tertiary/aromatic N) is 1. The summed E-state index contributed by atoms with van der Waals surface area (Å²) in [4.78, 5) is 13.1. The highest BCUT2D eigenvalue weighted by atomic mass is 32.2. The zero-order valence-corrected chi connectivity index (χ0v) is 18.5. The molecule has 170 valence electrons. The first-order valence-corrected chi connectivity index (χ1v) is 13.0. The van der Waals surface area contributed by atoms with Gasteiger partial charge in [0.25, 0.3) is 0 Å². The Morgan fingerprint density at radius 2 is 1.77 bits per heavy atom. The molecule has 3 saturated carbocycles. The van der Waals surface area contributed by atoms with Crippen molar-refractivity contribution in [1.29, 1.82) is 0 Å². The van der Waals surface area contributed by atoms with E-state index in [9.17, 15) is 22.7 Å². The number of hydrogen-bond acceptors (Lipinski definition) is 4. The molecule has 2 N–H and O–H groups in total. The number of nitrogens with one attached hydrogen (secondary N) is 1. The molecule has 3 aliphatic carbocycles. The Bertz CT molecular complexity index is 945. The quantitative estimate of drug-likeness (QED) is 0.739. The van der Waals surface area contributed by atoms with Crippen molar-refractivity contribution in [3.05, 3.63) is 30.1 Å². The summed E-state index contributed by atoms with van der Waals surface area (Å²) >= 11 is 0. The summed E-state index contributed by atoms with van der Waals surface area (Å²) in [5, 5.41) is 14.1. The maximum atomic E-state index is 13.1. The van der Waals surface area contributed by atoms with Gasteiger partial charge in [0.1, 0.15) is 5.82 Å². The van der Waals surface area contributed by atoms with Crippen LogP contribution in [-0.2, 0) is 14.8 Å². The second kappa shape index (κ2) is 7.81. The lowest BCUT2D eigenvalue weighted by Crippen LogP contribution is -2.47. The van der Waals surface area contributed by atoms with Crippen LogP contribution in [0.2, 0.25) is 0 Å². The van der Waals surface area contributed by atoms with Gasteiger partial charge in [-0.3, -0.25) is 4.79 Å². The summed E-state index contributed by atoms with van der Waals surface area (Å²) < 4.78 is 40.1. The van der Waals surface area contributed by atoms with E-state index in [1.54, 1.807) is 0 Å². The Labute approximate surface area is 183 Å². The van der Waals surface area contributed by atoms with Crippen LogP contribution < -0.4 is 5.32 Å². The van der Waals surface area contributed by atoms with E-state index in [0.717, 1.165) is 44.2 Å². The molecule has 1 saturated heterocycles. The van der Waals surface area contributed by atoms with Crippen molar-refractivity contribution < 1.29 is 22.7 Å². The minimum atomic E-state index is -3.67. The van der Waals surface area contributed by atoms with Crippen molar-refractivity contribution in [2.75, 3.05) is 13.1 Å². The molecule has 4 fully saturated rings. The Morgan fingerprint density at radius 3 is 2.48 bits per heavy atom. The monoisotopic (exact) mass is 450 g/mol. The van der Waals surface area contributed by atoms with Crippen LogP contribution in [0.25, 0.3) is 0 Å². The van der Waals surface area contributed by atoms with Gasteiger partial charge in [0.2, 0.25) is 15.9 Å². The van der Waals surface area contributed by atoms with E-state index in [2.05, 4.69) is 5.32 Å². The first-order valence-electron chi connectivity index (χ1n) is 11.5. The summed E-state index contributed by atoms with van der Waals surface area (Å²) in [5.41, 5.74) is -0.526. The third-order valence-electron chi connectivity index (χ3n) is 8.17. The van der Waals surface area contributed by atoms with E-state index < -0.39 is 21.4 Å². The van der Waals surface area contributed by atoms with Crippen LogP contribution in [0.15, 0.2) is 29.2 Å². The molecule has 5 unspecified atom stereocenters. The van der Waals surface area contributed by atoms with E-state index in [4.69, 9.17) is 0 Å². The van der Waals surface area contributed by atoms with Crippen molar-refractivity contribution in [2.24, 2.45) is 23.7 Å². The zero-order chi connectivity index (χ0) is 21.8. The Morgan fingerprint density at radius 1 is 1.06 bits per heavy atom. The number of carbonyl (C=O) groups is 1. The second-order valence-corrected chi connectivity index (χ2v) is 12.1. The predicted molar refractivity (Wildman–Crippen MR) is 113 cm³/mol. The lowest BCUT2D eigenvalue weighted by molar-refractivity contribution is -0.127. The number of hydrogen-bond donors (Lipinski definition) is 2. The summed E-state index contributed by atoms with van der Waals surface area (Å²) in [6.45, 7) is 0.576. The van der Waals surface area contributed by atoms with E-state index in [-0.39, 0.29) is 35.9 Å². The van der Waals surface area contributed by atoms with Gasteiger partial charge in [-0.25, -0.2) is 12.8 Å². The molecule has 31 heavy (non-hydrogen) atoms. The highest BCUT2D eigenvalue weighted by Crippen LogP contribution is 2.55. The van der Waals surface area contributed by atoms with Gasteiger partial charge in [0.05, 0.1) is 10.5 Å². The molecule has 0 spiro atoms. The number of carbonyl (C=O) groups excluding carboxylic acids is 1. The van der Waals surface area contributed by atoms with Crippen molar-refractivity contribution in [3.63, 3.8) is 0 Å². The first-order chi connectivity index (χ1) is 14.7. The fourth-order valence-corrected chi connectivity index (χ4v) is 8.19. The third-order valence-corrected chi connectivity index (χ3v) is 10.1. The maximum absolute atomic E-state index is 13.1. The van der Waals surface area contributed by atoms with E-state index >= 15 is 0 Å². The molecular weight excluding hydrogens is 419 g/mol. The average Bonchev–Trinajstić information content (AvgIpc) is 2.92. The molecule has 8 heteroatoms. The molecule has 6 nitrogen and oxygen atoms in total. The molecule has 1 aromatic rings. The molecule has 1 aromatic carbocycles. The SMILES string of the molecule is O=C(NC1CCC2CC3CC(O)(C2)CC31)C1CCN(S(=O)(=O)c2ccc(F)cc2)CC1. The minimum absolute atomic E-state index is 0.0250. The second-order valence-electron chi connectivity index (χ2n) is 10.2. The number of sulfonamides is 1. The number of piperidine rings is 1. The van der Waals surface area contributed by atoms with Gasteiger partial charge in [-0.05, 0) is 93.4 Å². The number of benzene rings is 1. The highest BCUT2D eigenvalue weighted by Gasteiger charge is 2.53. The van der Waals surface area contributed by atoms with E-state index in [1.807, 2.05) is 0 Å². The zero-order valence-electron chi connectivity index (χ0n) is 17.7. The molecule has 4 aliphatic rings. The molecule has 5 atom stereocenters. The smallest absolute Gasteiger partial charge is 0.243 e. The number of aliphatic hydroxyl groups is 1. The molecule has 0 aromatic heterocycles. The number of amides is 1. The largest absolute Gasteiger partial charge is 0.390 e. The number of rotatable bonds is 4. The lowest BCUT2D eigenvalue weighted by atomic mass is 9.77. The molecule has 0 radical (unpaired) electrons.